The van der Waals surface area contributed by atoms with E-state index < -0.39 is 0 Å². The van der Waals surface area contributed by atoms with Gasteiger partial charge < -0.3 is 10.4 Å². The summed E-state index contributed by atoms with van der Waals surface area (Å²) in [6.07, 6.45) is 0. The first-order chi connectivity index (χ1) is 7.68. The first-order valence-corrected chi connectivity index (χ1v) is 6.38. The van der Waals surface area contributed by atoms with Crippen LogP contribution in [0.25, 0.3) is 0 Å². The van der Waals surface area contributed by atoms with Gasteiger partial charge in [0.1, 0.15) is 5.75 Å². The van der Waals surface area contributed by atoms with Gasteiger partial charge in [0.05, 0.1) is 4.47 Å². The van der Waals surface area contributed by atoms with Crippen molar-refractivity contribution >= 4 is 15.9 Å². The first kappa shape index (κ1) is 11.9. The molecule has 1 aromatic rings. The number of nitrogens with one attached hydrogen (secondary N) is 1. The molecule has 0 unspecified atom stereocenters. The lowest BCUT2D eigenvalue weighted by atomic mass is 10.1. The zero-order valence-corrected chi connectivity index (χ0v) is 11.0. The van der Waals surface area contributed by atoms with Crippen molar-refractivity contribution in [2.45, 2.75) is 13.5 Å². The van der Waals surface area contributed by atoms with Crippen molar-refractivity contribution in [1.29, 1.82) is 0 Å². The van der Waals surface area contributed by atoms with Gasteiger partial charge in [0.2, 0.25) is 0 Å². The fourth-order valence-corrected chi connectivity index (χ4v) is 2.37. The molecule has 1 aliphatic rings. The van der Waals surface area contributed by atoms with E-state index in [0.29, 0.717) is 5.75 Å². The lowest BCUT2D eigenvalue weighted by Crippen LogP contribution is -2.43. The highest BCUT2D eigenvalue weighted by molar-refractivity contribution is 9.10. The second kappa shape index (κ2) is 5.17. The van der Waals surface area contributed by atoms with Crippen molar-refractivity contribution < 1.29 is 5.11 Å². The maximum atomic E-state index is 10.0. The Kier molecular flexibility index (Phi) is 3.84. The Morgan fingerprint density at radius 3 is 2.75 bits per heavy atom. The number of rotatable bonds is 2. The third-order valence-corrected chi connectivity index (χ3v) is 3.70. The van der Waals surface area contributed by atoms with E-state index in [0.717, 1.165) is 48.3 Å². The molecule has 1 saturated heterocycles. The fraction of sp³-hybridized carbons (Fsp3) is 0.500. The van der Waals surface area contributed by atoms with Gasteiger partial charge >= 0.3 is 0 Å². The van der Waals surface area contributed by atoms with Crippen LogP contribution in [-0.4, -0.2) is 36.2 Å². The average Bonchev–Trinajstić information content (AvgIpc) is 2.31. The number of halogens is 1. The molecule has 3 nitrogen and oxygen atoms in total. The largest absolute Gasteiger partial charge is 0.506 e. The van der Waals surface area contributed by atoms with E-state index in [1.807, 2.05) is 19.1 Å². The van der Waals surface area contributed by atoms with Crippen LogP contribution in [0.5, 0.6) is 5.75 Å². The number of phenols is 1. The van der Waals surface area contributed by atoms with Crippen LogP contribution in [0.1, 0.15) is 11.1 Å². The maximum absolute atomic E-state index is 10.0. The molecule has 1 aliphatic heterocycles. The molecule has 88 valence electrons. The minimum Gasteiger partial charge on any atom is -0.506 e. The molecule has 0 aliphatic carbocycles. The second-order valence-corrected chi connectivity index (χ2v) is 5.07. The summed E-state index contributed by atoms with van der Waals surface area (Å²) in [6, 6.07) is 3.94. The number of aromatic hydroxyl groups is 1. The molecule has 0 bridgehead atoms. The number of hydrogen-bond acceptors (Lipinski definition) is 3. The predicted octanol–water partition coefficient (Wildman–Crippen LogP) is 1.87. The van der Waals surface area contributed by atoms with E-state index in [1.54, 1.807) is 0 Å². The van der Waals surface area contributed by atoms with Crippen molar-refractivity contribution in [3.8, 4) is 5.75 Å². The molecule has 0 spiro atoms. The third kappa shape index (κ3) is 2.56. The number of benzene rings is 1. The first-order valence-electron chi connectivity index (χ1n) is 5.58. The van der Waals surface area contributed by atoms with Gasteiger partial charge in [0.25, 0.3) is 0 Å². The van der Waals surface area contributed by atoms with Crippen LogP contribution in [0.3, 0.4) is 0 Å². The van der Waals surface area contributed by atoms with Crippen molar-refractivity contribution in [2.75, 3.05) is 26.2 Å². The lowest BCUT2D eigenvalue weighted by molar-refractivity contribution is 0.230. The molecule has 1 aromatic carbocycles. The zero-order valence-electron chi connectivity index (χ0n) is 9.46. The maximum Gasteiger partial charge on any atom is 0.134 e. The van der Waals surface area contributed by atoms with Crippen LogP contribution in [0.2, 0.25) is 0 Å². The third-order valence-electron chi connectivity index (χ3n) is 3.06. The summed E-state index contributed by atoms with van der Waals surface area (Å²) in [5, 5.41) is 13.3. The highest BCUT2D eigenvalue weighted by Gasteiger charge is 2.15. The van der Waals surface area contributed by atoms with E-state index >= 15 is 0 Å². The van der Waals surface area contributed by atoms with Crippen LogP contribution in [0, 0.1) is 6.92 Å². The Bertz CT molecular complexity index is 376. The molecule has 4 heteroatoms. The molecular weight excluding hydrogens is 268 g/mol. The Hall–Kier alpha value is -0.580. The molecule has 1 fully saturated rings. The van der Waals surface area contributed by atoms with Crippen molar-refractivity contribution in [1.82, 2.24) is 10.2 Å². The quantitative estimate of drug-likeness (QED) is 0.870. The van der Waals surface area contributed by atoms with E-state index in [1.165, 1.54) is 0 Å². The highest BCUT2D eigenvalue weighted by atomic mass is 79.9. The molecule has 0 atom stereocenters. The Morgan fingerprint density at radius 1 is 1.38 bits per heavy atom. The van der Waals surface area contributed by atoms with Crippen molar-refractivity contribution in [3.05, 3.63) is 27.7 Å². The Labute approximate surface area is 105 Å². The van der Waals surface area contributed by atoms with Crippen LogP contribution in [-0.2, 0) is 6.54 Å². The van der Waals surface area contributed by atoms with E-state index in [4.69, 9.17) is 0 Å². The molecule has 0 saturated carbocycles. The van der Waals surface area contributed by atoms with Gasteiger partial charge in [0.15, 0.2) is 0 Å². The monoisotopic (exact) mass is 284 g/mol. The molecule has 16 heavy (non-hydrogen) atoms. The van der Waals surface area contributed by atoms with Gasteiger partial charge in [-0.1, -0.05) is 6.07 Å². The molecule has 0 aromatic heterocycles. The summed E-state index contributed by atoms with van der Waals surface area (Å²) in [5.74, 6) is 0.388. The van der Waals surface area contributed by atoms with Gasteiger partial charge in [-0.2, -0.15) is 0 Å². The van der Waals surface area contributed by atoms with Gasteiger partial charge in [-0.05, 0) is 34.5 Å². The van der Waals surface area contributed by atoms with Gasteiger partial charge in [-0.3, -0.25) is 4.90 Å². The smallest absolute Gasteiger partial charge is 0.134 e. The molecule has 2 rings (SSSR count). The molecule has 0 radical (unpaired) electrons. The Balaban J connectivity index is 2.16. The number of aryl methyl sites for hydroxylation is 1. The van der Waals surface area contributed by atoms with Crippen LogP contribution in [0.4, 0.5) is 0 Å². The number of hydrogen-bond donors (Lipinski definition) is 2. The number of piperazine rings is 1. The van der Waals surface area contributed by atoms with E-state index in [2.05, 4.69) is 26.1 Å². The number of phenolic OH excluding ortho intramolecular Hbond substituents is 1. The predicted molar refractivity (Wildman–Crippen MR) is 68.7 cm³/mol. The normalized spacial score (nSPS) is 17.6. The molecule has 2 N–H and O–H groups in total. The highest BCUT2D eigenvalue weighted by Crippen LogP contribution is 2.31. The second-order valence-electron chi connectivity index (χ2n) is 4.22. The molecule has 1 heterocycles. The SMILES string of the molecule is Cc1ccc(Br)c(O)c1CN1CCNCC1. The Morgan fingerprint density at radius 2 is 2.06 bits per heavy atom. The summed E-state index contributed by atoms with van der Waals surface area (Å²) in [6.45, 7) is 7.04. The lowest BCUT2D eigenvalue weighted by Gasteiger charge is -2.28. The van der Waals surface area contributed by atoms with Crippen LogP contribution >= 0.6 is 15.9 Å². The zero-order chi connectivity index (χ0) is 11.5. The van der Waals surface area contributed by atoms with Crippen LogP contribution in [0.15, 0.2) is 16.6 Å². The van der Waals surface area contributed by atoms with Crippen LogP contribution < -0.4 is 5.32 Å². The summed E-state index contributed by atoms with van der Waals surface area (Å²) in [5.41, 5.74) is 2.19. The minimum atomic E-state index is 0.388. The average molecular weight is 285 g/mol. The summed E-state index contributed by atoms with van der Waals surface area (Å²) in [7, 11) is 0. The van der Waals surface area contributed by atoms with Gasteiger partial charge in [0, 0.05) is 38.3 Å². The summed E-state index contributed by atoms with van der Waals surface area (Å²) >= 11 is 3.36. The van der Waals surface area contributed by atoms with Gasteiger partial charge in [-0.25, -0.2) is 0 Å². The van der Waals surface area contributed by atoms with Crippen molar-refractivity contribution in [3.63, 3.8) is 0 Å². The fourth-order valence-electron chi connectivity index (χ4n) is 2.00. The summed E-state index contributed by atoms with van der Waals surface area (Å²) < 4.78 is 0.781. The standard InChI is InChI=1S/C12H17BrN2O/c1-9-2-3-11(13)12(16)10(9)8-15-6-4-14-5-7-15/h2-3,14,16H,4-8H2,1H3. The minimum absolute atomic E-state index is 0.388. The van der Waals surface area contributed by atoms with Crippen molar-refractivity contribution in [2.24, 2.45) is 0 Å². The van der Waals surface area contributed by atoms with E-state index in [9.17, 15) is 5.11 Å². The van der Waals surface area contributed by atoms with E-state index in [-0.39, 0.29) is 0 Å². The van der Waals surface area contributed by atoms with Gasteiger partial charge in [-0.15, -0.1) is 0 Å². The number of nitrogens with zero attached hydrogens (tertiary/aromatic N) is 1. The molecule has 0 amide bonds. The topological polar surface area (TPSA) is 35.5 Å². The summed E-state index contributed by atoms with van der Waals surface area (Å²) in [4.78, 5) is 2.37. The molecular formula is C12H17BrN2O.